The Morgan fingerprint density at radius 3 is 2.73 bits per heavy atom. The van der Waals surface area contributed by atoms with Crippen molar-refractivity contribution in [3.8, 4) is 11.1 Å². The van der Waals surface area contributed by atoms with E-state index in [4.69, 9.17) is 21.3 Å². The van der Waals surface area contributed by atoms with Gasteiger partial charge in [-0.05, 0) is 57.1 Å². The number of aromatic nitrogens is 3. The number of carbonyl (C=O) groups excluding carboxylic acids is 1. The summed E-state index contributed by atoms with van der Waals surface area (Å²) in [6.45, 7) is 9.83. The molecule has 1 unspecified atom stereocenters. The van der Waals surface area contributed by atoms with Crippen LogP contribution in [0.25, 0.3) is 22.2 Å². The Balaban J connectivity index is 1.51. The fourth-order valence-corrected chi connectivity index (χ4v) is 5.24. The van der Waals surface area contributed by atoms with Gasteiger partial charge in [-0.3, -0.25) is 14.4 Å². The number of hydrogen-bond donors (Lipinski definition) is 1. The van der Waals surface area contributed by atoms with Gasteiger partial charge in [0.25, 0.3) is 5.56 Å². The minimum absolute atomic E-state index is 0.0674. The van der Waals surface area contributed by atoms with Gasteiger partial charge < -0.3 is 15.0 Å². The maximum atomic E-state index is 13.9. The molecule has 2 aliphatic rings. The van der Waals surface area contributed by atoms with E-state index in [-0.39, 0.29) is 17.6 Å². The van der Waals surface area contributed by atoms with Crippen molar-refractivity contribution >= 4 is 39.8 Å². The van der Waals surface area contributed by atoms with Crippen LogP contribution >= 0.6 is 11.6 Å². The van der Waals surface area contributed by atoms with Crippen LogP contribution in [0.5, 0.6) is 0 Å². The third-order valence-corrected chi connectivity index (χ3v) is 7.37. The standard InChI is InChI=1S/C30H35ClN6O3/c1-19-10-12-32-25(31)24(14-19)34-28-33-16-22-15-23(21-8-6-5-7-9-21)27(38)37(26(22)35-28)18-20-11-13-36(17-20)29(39)40-30(2,3)4/h5-9,14-16,19-20H,10-13,17-18H2,1-4H3,(H,33,34,35)/t19?,20-/m1/s1. The molecule has 210 valence electrons. The number of nitrogens with one attached hydrogen (secondary N) is 1. The second-order valence-corrected chi connectivity index (χ2v) is 11.9. The van der Waals surface area contributed by atoms with Gasteiger partial charge in [-0.25, -0.2) is 9.78 Å². The number of fused-ring (bicyclic) bond motifs is 1. The van der Waals surface area contributed by atoms with Gasteiger partial charge in [-0.15, -0.1) is 0 Å². The molecule has 1 aromatic carbocycles. The highest BCUT2D eigenvalue weighted by Gasteiger charge is 2.31. The summed E-state index contributed by atoms with van der Waals surface area (Å²) < 4.78 is 7.28. The Morgan fingerprint density at radius 2 is 1.98 bits per heavy atom. The Labute approximate surface area is 238 Å². The summed E-state index contributed by atoms with van der Waals surface area (Å²) in [5.74, 6) is 0.700. The van der Waals surface area contributed by atoms with Gasteiger partial charge in [0.2, 0.25) is 5.95 Å². The molecule has 1 saturated heterocycles. The predicted octanol–water partition coefficient (Wildman–Crippen LogP) is 5.69. The van der Waals surface area contributed by atoms with Crippen LogP contribution < -0.4 is 10.9 Å². The molecule has 5 rings (SSSR count). The highest BCUT2D eigenvalue weighted by atomic mass is 35.5. The summed E-state index contributed by atoms with van der Waals surface area (Å²) in [5.41, 5.74) is 1.88. The maximum absolute atomic E-state index is 13.9. The SMILES string of the molecule is CC1C=C(Nc2ncc3cc(-c4ccccc4)c(=O)n(C[C@@H]4CCN(C(=O)OC(C)(C)C)C4)c3n2)C(Cl)=NCC1. The summed E-state index contributed by atoms with van der Waals surface area (Å²) in [4.78, 5) is 42.0. The molecule has 4 heterocycles. The molecule has 40 heavy (non-hydrogen) atoms. The molecule has 2 aliphatic heterocycles. The van der Waals surface area contributed by atoms with Gasteiger partial charge in [0, 0.05) is 43.3 Å². The molecule has 0 saturated carbocycles. The van der Waals surface area contributed by atoms with Crippen molar-refractivity contribution in [1.82, 2.24) is 19.4 Å². The summed E-state index contributed by atoms with van der Waals surface area (Å²) in [7, 11) is 0. The van der Waals surface area contributed by atoms with Gasteiger partial charge in [-0.1, -0.05) is 54.9 Å². The van der Waals surface area contributed by atoms with E-state index in [1.807, 2.05) is 63.2 Å². The molecule has 3 aromatic rings. The summed E-state index contributed by atoms with van der Waals surface area (Å²) in [6, 6.07) is 11.4. The minimum atomic E-state index is -0.565. The molecule has 0 spiro atoms. The Hall–Kier alpha value is -3.72. The summed E-state index contributed by atoms with van der Waals surface area (Å²) in [5, 5.41) is 4.35. The molecule has 2 aromatic heterocycles. The van der Waals surface area contributed by atoms with E-state index in [0.29, 0.717) is 60.1 Å². The van der Waals surface area contributed by atoms with E-state index >= 15 is 0 Å². The van der Waals surface area contributed by atoms with Crippen molar-refractivity contribution in [2.75, 3.05) is 25.0 Å². The molecule has 0 radical (unpaired) electrons. The fourth-order valence-electron chi connectivity index (χ4n) is 5.05. The van der Waals surface area contributed by atoms with E-state index in [1.54, 1.807) is 15.7 Å². The first kappa shape index (κ1) is 27.8. The lowest BCUT2D eigenvalue weighted by molar-refractivity contribution is 0.0287. The first-order chi connectivity index (χ1) is 19.1. The van der Waals surface area contributed by atoms with Crippen molar-refractivity contribution in [2.45, 2.75) is 52.7 Å². The van der Waals surface area contributed by atoms with Crippen LogP contribution in [0.4, 0.5) is 10.7 Å². The monoisotopic (exact) mass is 562 g/mol. The topological polar surface area (TPSA) is 102 Å². The minimum Gasteiger partial charge on any atom is -0.444 e. The average Bonchev–Trinajstić information content (AvgIpc) is 3.32. The average molecular weight is 563 g/mol. The quantitative estimate of drug-likeness (QED) is 0.429. The summed E-state index contributed by atoms with van der Waals surface area (Å²) in [6.07, 6.45) is 5.09. The number of amides is 1. The zero-order chi connectivity index (χ0) is 28.4. The number of nitrogens with zero attached hydrogens (tertiary/aromatic N) is 5. The second-order valence-electron chi connectivity index (χ2n) is 11.5. The number of pyridine rings is 1. The molecular weight excluding hydrogens is 528 g/mol. The van der Waals surface area contributed by atoms with Crippen LogP contribution in [0.15, 0.2) is 64.2 Å². The van der Waals surface area contributed by atoms with Crippen molar-refractivity contribution in [3.63, 3.8) is 0 Å². The lowest BCUT2D eigenvalue weighted by Crippen LogP contribution is -2.36. The smallest absolute Gasteiger partial charge is 0.410 e. The maximum Gasteiger partial charge on any atom is 0.410 e. The highest BCUT2D eigenvalue weighted by Crippen LogP contribution is 2.25. The molecule has 1 amide bonds. The predicted molar refractivity (Wildman–Crippen MR) is 159 cm³/mol. The van der Waals surface area contributed by atoms with Gasteiger partial charge in [0.1, 0.15) is 16.4 Å². The number of allylic oxidation sites excluding steroid dienone is 2. The first-order valence-electron chi connectivity index (χ1n) is 13.7. The van der Waals surface area contributed by atoms with Gasteiger partial charge in [0.15, 0.2) is 0 Å². The zero-order valence-electron chi connectivity index (χ0n) is 23.4. The molecule has 0 bridgehead atoms. The molecule has 1 fully saturated rings. The first-order valence-corrected chi connectivity index (χ1v) is 14.1. The highest BCUT2D eigenvalue weighted by molar-refractivity contribution is 6.69. The van der Waals surface area contributed by atoms with Crippen molar-refractivity contribution in [2.24, 2.45) is 16.8 Å². The van der Waals surface area contributed by atoms with Crippen LogP contribution in [0.1, 0.15) is 40.5 Å². The molecule has 10 heteroatoms. The number of rotatable bonds is 5. The summed E-state index contributed by atoms with van der Waals surface area (Å²) >= 11 is 6.42. The number of aliphatic imine (C=N–C) groups is 1. The Kier molecular flexibility index (Phi) is 7.94. The lowest BCUT2D eigenvalue weighted by atomic mass is 10.0. The number of ether oxygens (including phenoxy) is 1. The lowest BCUT2D eigenvalue weighted by Gasteiger charge is -2.24. The van der Waals surface area contributed by atoms with E-state index < -0.39 is 5.60 Å². The van der Waals surface area contributed by atoms with E-state index in [2.05, 4.69) is 22.2 Å². The van der Waals surface area contributed by atoms with Crippen LogP contribution in [0.2, 0.25) is 0 Å². The Bertz CT molecular complexity index is 1530. The second kappa shape index (κ2) is 11.4. The van der Waals surface area contributed by atoms with Gasteiger partial charge >= 0.3 is 6.09 Å². The molecule has 1 N–H and O–H groups in total. The van der Waals surface area contributed by atoms with Crippen LogP contribution in [-0.4, -0.2) is 55.9 Å². The number of benzene rings is 1. The normalized spacial score (nSPS) is 19.7. The molecule has 0 aliphatic carbocycles. The number of carbonyl (C=O) groups is 1. The van der Waals surface area contributed by atoms with Gasteiger partial charge in [-0.2, -0.15) is 4.98 Å². The van der Waals surface area contributed by atoms with Crippen molar-refractivity contribution in [3.05, 3.63) is 64.7 Å². The van der Waals surface area contributed by atoms with E-state index in [0.717, 1.165) is 23.8 Å². The molecule has 9 nitrogen and oxygen atoms in total. The zero-order valence-corrected chi connectivity index (χ0v) is 24.1. The van der Waals surface area contributed by atoms with Crippen molar-refractivity contribution < 1.29 is 9.53 Å². The third-order valence-electron chi connectivity index (χ3n) is 7.05. The number of halogens is 1. The van der Waals surface area contributed by atoms with Crippen molar-refractivity contribution in [1.29, 1.82) is 0 Å². The largest absolute Gasteiger partial charge is 0.444 e. The number of anilines is 1. The number of likely N-dealkylation sites (tertiary alicyclic amines) is 1. The molecule has 2 atom stereocenters. The fraction of sp³-hybridized carbons (Fsp3) is 0.433. The van der Waals surface area contributed by atoms with E-state index in [1.165, 1.54) is 0 Å². The van der Waals surface area contributed by atoms with Crippen LogP contribution in [-0.2, 0) is 11.3 Å². The van der Waals surface area contributed by atoms with Crippen LogP contribution in [0, 0.1) is 11.8 Å². The van der Waals surface area contributed by atoms with Gasteiger partial charge in [0.05, 0.1) is 5.70 Å². The Morgan fingerprint density at radius 1 is 1.20 bits per heavy atom. The van der Waals surface area contributed by atoms with E-state index in [9.17, 15) is 9.59 Å². The number of hydrogen-bond acceptors (Lipinski definition) is 7. The van der Waals surface area contributed by atoms with Crippen LogP contribution in [0.3, 0.4) is 0 Å². The third kappa shape index (κ3) is 6.36. The molecular formula is C30H35ClN6O3.